The standard InChI is InChI=1S/C13H18BBrFNO2/c1-12(2)13(3,4)19-14(18-12)11(17)9-7-8(16)5-6-10(9)15/h5-7,11H,17H2,1-4H3/t11-/m0/s1. The molecule has 0 bridgehead atoms. The largest absolute Gasteiger partial charge is 0.480 e. The summed E-state index contributed by atoms with van der Waals surface area (Å²) in [6.45, 7) is 7.83. The lowest BCUT2D eigenvalue weighted by Crippen LogP contribution is -2.41. The van der Waals surface area contributed by atoms with Gasteiger partial charge < -0.3 is 15.0 Å². The van der Waals surface area contributed by atoms with E-state index in [4.69, 9.17) is 15.0 Å². The molecule has 1 fully saturated rings. The van der Waals surface area contributed by atoms with Gasteiger partial charge in [-0.3, -0.25) is 0 Å². The molecule has 0 aromatic heterocycles. The third-order valence-electron chi connectivity index (χ3n) is 3.88. The normalized spacial score (nSPS) is 22.6. The Kier molecular flexibility index (Phi) is 3.82. The predicted octanol–water partition coefficient (Wildman–Crippen LogP) is 3.22. The van der Waals surface area contributed by atoms with Gasteiger partial charge in [0.25, 0.3) is 0 Å². The molecule has 1 saturated heterocycles. The molecule has 0 amide bonds. The highest BCUT2D eigenvalue weighted by molar-refractivity contribution is 9.10. The van der Waals surface area contributed by atoms with E-state index in [2.05, 4.69) is 15.9 Å². The minimum absolute atomic E-state index is 0.329. The number of hydrogen-bond donors (Lipinski definition) is 1. The van der Waals surface area contributed by atoms with Crippen molar-refractivity contribution in [2.24, 2.45) is 5.73 Å². The van der Waals surface area contributed by atoms with Crippen molar-refractivity contribution in [3.05, 3.63) is 34.1 Å². The van der Waals surface area contributed by atoms with Crippen LogP contribution in [0.25, 0.3) is 0 Å². The first-order valence-electron chi connectivity index (χ1n) is 6.20. The Hall–Kier alpha value is -0.425. The molecule has 1 aliphatic rings. The zero-order chi connectivity index (χ0) is 14.4. The van der Waals surface area contributed by atoms with E-state index >= 15 is 0 Å². The van der Waals surface area contributed by atoms with Crippen LogP contribution < -0.4 is 5.73 Å². The smallest absolute Gasteiger partial charge is 0.402 e. The summed E-state index contributed by atoms with van der Waals surface area (Å²) in [7, 11) is -0.594. The van der Waals surface area contributed by atoms with Gasteiger partial charge in [-0.05, 0) is 51.5 Å². The highest BCUT2D eigenvalue weighted by atomic mass is 79.9. The summed E-state index contributed by atoms with van der Waals surface area (Å²) in [4.78, 5) is 0. The minimum Gasteiger partial charge on any atom is -0.402 e. The molecule has 2 N–H and O–H groups in total. The van der Waals surface area contributed by atoms with E-state index in [1.807, 2.05) is 27.7 Å². The van der Waals surface area contributed by atoms with Crippen molar-refractivity contribution in [1.82, 2.24) is 0 Å². The number of benzene rings is 1. The van der Waals surface area contributed by atoms with Crippen molar-refractivity contribution >= 4 is 23.0 Å². The molecule has 3 nitrogen and oxygen atoms in total. The van der Waals surface area contributed by atoms with E-state index in [0.29, 0.717) is 5.56 Å². The van der Waals surface area contributed by atoms with Gasteiger partial charge in [-0.2, -0.15) is 0 Å². The van der Waals surface area contributed by atoms with E-state index in [0.717, 1.165) is 4.47 Å². The third kappa shape index (κ3) is 2.72. The summed E-state index contributed by atoms with van der Waals surface area (Å²) in [5.74, 6) is -0.878. The second kappa shape index (κ2) is 4.84. The lowest BCUT2D eigenvalue weighted by Gasteiger charge is -2.32. The van der Waals surface area contributed by atoms with Gasteiger partial charge in [-0.1, -0.05) is 15.9 Å². The van der Waals surface area contributed by atoms with Crippen molar-refractivity contribution in [1.29, 1.82) is 0 Å². The lowest BCUT2D eigenvalue weighted by atomic mass is 9.75. The fourth-order valence-corrected chi connectivity index (χ4v) is 2.46. The Balaban J connectivity index is 2.27. The maximum absolute atomic E-state index is 13.3. The van der Waals surface area contributed by atoms with Gasteiger partial charge in [0.2, 0.25) is 0 Å². The fourth-order valence-electron chi connectivity index (χ4n) is 1.95. The molecule has 104 valence electrons. The molecule has 0 aliphatic carbocycles. The van der Waals surface area contributed by atoms with E-state index in [1.165, 1.54) is 12.1 Å². The first-order valence-corrected chi connectivity index (χ1v) is 6.99. The van der Waals surface area contributed by atoms with Crippen molar-refractivity contribution in [2.45, 2.75) is 44.8 Å². The molecular formula is C13H18BBrFNO2. The molecular weight excluding hydrogens is 312 g/mol. The number of halogens is 2. The summed E-state index contributed by atoms with van der Waals surface area (Å²) >= 11 is 3.38. The second-order valence-electron chi connectivity index (χ2n) is 5.82. The first kappa shape index (κ1) is 15.0. The molecule has 1 atom stereocenters. The Morgan fingerprint density at radius 1 is 1.21 bits per heavy atom. The summed E-state index contributed by atoms with van der Waals surface area (Å²) < 4.78 is 25.9. The molecule has 6 heteroatoms. The van der Waals surface area contributed by atoms with Gasteiger partial charge in [-0.15, -0.1) is 0 Å². The average Bonchev–Trinajstić information content (AvgIpc) is 2.51. The topological polar surface area (TPSA) is 44.5 Å². The van der Waals surface area contributed by atoms with Crippen LogP contribution in [0, 0.1) is 5.82 Å². The summed E-state index contributed by atoms with van der Waals surface area (Å²) in [5.41, 5.74) is 5.90. The van der Waals surface area contributed by atoms with Gasteiger partial charge in [0.05, 0.1) is 17.1 Å². The number of hydrogen-bond acceptors (Lipinski definition) is 3. The molecule has 0 unspecified atom stereocenters. The van der Waals surface area contributed by atoms with E-state index < -0.39 is 24.3 Å². The van der Waals surface area contributed by atoms with Crippen LogP contribution in [0.4, 0.5) is 4.39 Å². The summed E-state index contributed by atoms with van der Waals surface area (Å²) in [6.07, 6.45) is 0. The zero-order valence-electron chi connectivity index (χ0n) is 11.5. The van der Waals surface area contributed by atoms with Crippen molar-refractivity contribution in [3.63, 3.8) is 0 Å². The molecule has 0 radical (unpaired) electrons. The van der Waals surface area contributed by atoms with Crippen LogP contribution in [-0.4, -0.2) is 18.3 Å². The zero-order valence-corrected chi connectivity index (χ0v) is 13.1. The Bertz CT molecular complexity index is 480. The molecule has 19 heavy (non-hydrogen) atoms. The van der Waals surface area contributed by atoms with Crippen LogP contribution in [0.15, 0.2) is 22.7 Å². The quantitative estimate of drug-likeness (QED) is 0.847. The number of nitrogens with two attached hydrogens (primary N) is 1. The summed E-state index contributed by atoms with van der Waals surface area (Å²) in [5, 5.41) is 0. The maximum atomic E-state index is 13.3. The summed E-state index contributed by atoms with van der Waals surface area (Å²) in [6, 6.07) is 4.42. The van der Waals surface area contributed by atoms with Gasteiger partial charge in [0, 0.05) is 4.47 Å². The van der Waals surface area contributed by atoms with Crippen molar-refractivity contribution < 1.29 is 13.7 Å². The highest BCUT2D eigenvalue weighted by Gasteiger charge is 2.53. The maximum Gasteiger partial charge on any atom is 0.480 e. The molecule has 2 rings (SSSR count). The predicted molar refractivity (Wildman–Crippen MR) is 77.1 cm³/mol. The van der Waals surface area contributed by atoms with Crippen LogP contribution in [0.5, 0.6) is 0 Å². The highest BCUT2D eigenvalue weighted by Crippen LogP contribution is 2.40. The Labute approximate surface area is 121 Å². The molecule has 0 spiro atoms. The molecule has 1 aromatic carbocycles. The monoisotopic (exact) mass is 329 g/mol. The van der Waals surface area contributed by atoms with E-state index in [-0.39, 0.29) is 5.82 Å². The van der Waals surface area contributed by atoms with Gasteiger partial charge in [0.1, 0.15) is 5.82 Å². The molecule has 1 aromatic rings. The van der Waals surface area contributed by atoms with Crippen LogP contribution in [0.1, 0.15) is 39.2 Å². The Morgan fingerprint density at radius 2 is 1.74 bits per heavy atom. The second-order valence-corrected chi connectivity index (χ2v) is 6.67. The fraction of sp³-hybridized carbons (Fsp3) is 0.538. The number of rotatable bonds is 2. The molecule has 0 saturated carbocycles. The van der Waals surface area contributed by atoms with E-state index in [1.54, 1.807) is 6.07 Å². The lowest BCUT2D eigenvalue weighted by molar-refractivity contribution is 0.00578. The van der Waals surface area contributed by atoms with E-state index in [9.17, 15) is 4.39 Å². The van der Waals surface area contributed by atoms with Crippen molar-refractivity contribution in [2.75, 3.05) is 0 Å². The van der Waals surface area contributed by atoms with Crippen LogP contribution in [-0.2, 0) is 9.31 Å². The third-order valence-corrected chi connectivity index (χ3v) is 4.60. The van der Waals surface area contributed by atoms with Gasteiger partial charge in [-0.25, -0.2) is 4.39 Å². The van der Waals surface area contributed by atoms with Crippen molar-refractivity contribution in [3.8, 4) is 0 Å². The molecule has 1 heterocycles. The SMILES string of the molecule is CC1(C)OB([C@@H](N)c2cc(F)ccc2Br)OC1(C)C. The first-order chi connectivity index (χ1) is 8.64. The Morgan fingerprint density at radius 3 is 2.26 bits per heavy atom. The molecule has 1 aliphatic heterocycles. The van der Waals surface area contributed by atoms with Gasteiger partial charge >= 0.3 is 7.12 Å². The minimum atomic E-state index is -0.594. The van der Waals surface area contributed by atoms with Crippen LogP contribution in [0.3, 0.4) is 0 Å². The van der Waals surface area contributed by atoms with Gasteiger partial charge in [0.15, 0.2) is 0 Å². The average molecular weight is 330 g/mol. The van der Waals surface area contributed by atoms with Crippen LogP contribution >= 0.6 is 15.9 Å². The van der Waals surface area contributed by atoms with Crippen LogP contribution in [0.2, 0.25) is 0 Å².